The molecule has 1 unspecified atom stereocenters. The Morgan fingerprint density at radius 3 is 2.26 bits per heavy atom. The lowest BCUT2D eigenvalue weighted by Gasteiger charge is -2.38. The van der Waals surface area contributed by atoms with E-state index in [2.05, 4.69) is 18.7 Å². The van der Waals surface area contributed by atoms with Crippen LogP contribution < -0.4 is 0 Å². The summed E-state index contributed by atoms with van der Waals surface area (Å²) in [5, 5.41) is 0. The molecule has 3 atom stereocenters. The minimum Gasteiger partial charge on any atom is -0.373 e. The van der Waals surface area contributed by atoms with Crippen LogP contribution in [-0.4, -0.2) is 42.0 Å². The molecule has 0 aliphatic carbocycles. The van der Waals surface area contributed by atoms with E-state index in [4.69, 9.17) is 4.74 Å². The molecule has 1 aliphatic rings. The number of hydrogen-bond donors (Lipinski definition) is 0. The summed E-state index contributed by atoms with van der Waals surface area (Å²) < 4.78 is 5.71. The summed E-state index contributed by atoms with van der Waals surface area (Å²) in [6.45, 7) is 9.79. The van der Waals surface area contributed by atoms with Gasteiger partial charge in [0, 0.05) is 18.7 Å². The summed E-state index contributed by atoms with van der Waals surface area (Å²) in [4.78, 5) is 14.7. The van der Waals surface area contributed by atoms with Gasteiger partial charge in [-0.25, -0.2) is 0 Å². The average Bonchev–Trinajstić information content (AvgIpc) is 2.37. The van der Waals surface area contributed by atoms with Crippen LogP contribution in [-0.2, 0) is 4.74 Å². The number of morpholine rings is 1. The Kier molecular flexibility index (Phi) is 4.38. The van der Waals surface area contributed by atoms with E-state index in [0.29, 0.717) is 0 Å². The van der Waals surface area contributed by atoms with Gasteiger partial charge in [0.15, 0.2) is 5.78 Å². The highest BCUT2D eigenvalue weighted by Gasteiger charge is 2.29. The fraction of sp³-hybridized carbons (Fsp3) is 0.562. The molecule has 0 bridgehead atoms. The molecule has 2 rings (SSSR count). The van der Waals surface area contributed by atoms with Crippen molar-refractivity contribution in [1.29, 1.82) is 0 Å². The molecule has 1 fully saturated rings. The maximum atomic E-state index is 12.5. The first-order valence-electron chi connectivity index (χ1n) is 6.97. The van der Waals surface area contributed by atoms with Crippen molar-refractivity contribution < 1.29 is 9.53 Å². The Balaban J connectivity index is 2.08. The Morgan fingerprint density at radius 1 is 1.21 bits per heavy atom. The highest BCUT2D eigenvalue weighted by Crippen LogP contribution is 2.16. The summed E-state index contributed by atoms with van der Waals surface area (Å²) in [6.07, 6.45) is 0.383. The van der Waals surface area contributed by atoms with Crippen molar-refractivity contribution in [3.05, 3.63) is 35.4 Å². The monoisotopic (exact) mass is 261 g/mol. The number of rotatable bonds is 3. The topological polar surface area (TPSA) is 29.5 Å². The molecule has 1 aromatic carbocycles. The highest BCUT2D eigenvalue weighted by atomic mass is 16.5. The number of carbonyl (C=O) groups excluding carboxylic acids is 1. The van der Waals surface area contributed by atoms with Crippen molar-refractivity contribution >= 4 is 5.78 Å². The average molecular weight is 261 g/mol. The molecule has 1 aliphatic heterocycles. The zero-order chi connectivity index (χ0) is 14.0. The maximum Gasteiger partial charge on any atom is 0.179 e. The van der Waals surface area contributed by atoms with Crippen LogP contribution in [0.4, 0.5) is 0 Å². The molecule has 0 radical (unpaired) electrons. The predicted molar refractivity (Wildman–Crippen MR) is 76.6 cm³/mol. The van der Waals surface area contributed by atoms with Crippen molar-refractivity contribution in [2.24, 2.45) is 0 Å². The van der Waals surface area contributed by atoms with Gasteiger partial charge in [-0.15, -0.1) is 0 Å². The summed E-state index contributed by atoms with van der Waals surface area (Å²) in [6, 6.07) is 7.73. The van der Waals surface area contributed by atoms with Crippen LogP contribution in [0.1, 0.15) is 36.7 Å². The van der Waals surface area contributed by atoms with Crippen molar-refractivity contribution in [2.75, 3.05) is 13.1 Å². The van der Waals surface area contributed by atoms with E-state index in [0.717, 1.165) is 18.7 Å². The first kappa shape index (κ1) is 14.2. The minimum absolute atomic E-state index is 0.0866. The lowest BCUT2D eigenvalue weighted by atomic mass is 10.0. The number of nitrogens with zero attached hydrogens (tertiary/aromatic N) is 1. The van der Waals surface area contributed by atoms with E-state index in [9.17, 15) is 4.79 Å². The molecule has 0 saturated carbocycles. The van der Waals surface area contributed by atoms with E-state index in [-0.39, 0.29) is 24.0 Å². The number of ketones is 1. The molecule has 104 valence electrons. The van der Waals surface area contributed by atoms with E-state index in [1.165, 1.54) is 5.56 Å². The molecule has 3 nitrogen and oxygen atoms in total. The second-order valence-corrected chi connectivity index (χ2v) is 5.62. The molecular formula is C16H23NO2. The second-order valence-electron chi connectivity index (χ2n) is 5.62. The van der Waals surface area contributed by atoms with Gasteiger partial charge in [0.25, 0.3) is 0 Å². The van der Waals surface area contributed by atoms with E-state index in [1.54, 1.807) is 0 Å². The predicted octanol–water partition coefficient (Wildman–Crippen LogP) is 2.68. The Bertz CT molecular complexity index is 431. The van der Waals surface area contributed by atoms with Gasteiger partial charge in [-0.1, -0.05) is 29.8 Å². The number of benzene rings is 1. The van der Waals surface area contributed by atoms with Crippen molar-refractivity contribution in [1.82, 2.24) is 4.90 Å². The fourth-order valence-corrected chi connectivity index (χ4v) is 2.66. The Morgan fingerprint density at radius 2 is 1.74 bits per heavy atom. The van der Waals surface area contributed by atoms with Crippen LogP contribution in [0.5, 0.6) is 0 Å². The second kappa shape index (κ2) is 5.85. The zero-order valence-corrected chi connectivity index (χ0v) is 12.2. The first-order valence-corrected chi connectivity index (χ1v) is 6.97. The van der Waals surface area contributed by atoms with Crippen LogP contribution in [0.25, 0.3) is 0 Å². The van der Waals surface area contributed by atoms with Crippen LogP contribution in [0, 0.1) is 6.92 Å². The number of carbonyl (C=O) groups is 1. The fourth-order valence-electron chi connectivity index (χ4n) is 2.66. The molecule has 1 heterocycles. The Hall–Kier alpha value is -1.19. The first-order chi connectivity index (χ1) is 8.97. The summed E-state index contributed by atoms with van der Waals surface area (Å²) in [5.74, 6) is 0.196. The van der Waals surface area contributed by atoms with Crippen molar-refractivity contribution in [3.8, 4) is 0 Å². The maximum absolute atomic E-state index is 12.5. The van der Waals surface area contributed by atoms with Gasteiger partial charge in [0.1, 0.15) is 0 Å². The zero-order valence-electron chi connectivity index (χ0n) is 12.2. The lowest BCUT2D eigenvalue weighted by molar-refractivity contribution is -0.0744. The summed E-state index contributed by atoms with van der Waals surface area (Å²) in [7, 11) is 0. The third kappa shape index (κ3) is 3.43. The van der Waals surface area contributed by atoms with Gasteiger partial charge in [-0.3, -0.25) is 9.69 Å². The Labute approximate surface area is 115 Å². The molecule has 0 aromatic heterocycles. The smallest absolute Gasteiger partial charge is 0.179 e. The van der Waals surface area contributed by atoms with Gasteiger partial charge in [0.05, 0.1) is 18.2 Å². The lowest BCUT2D eigenvalue weighted by Crippen LogP contribution is -2.51. The van der Waals surface area contributed by atoms with Crippen LogP contribution in [0.2, 0.25) is 0 Å². The van der Waals surface area contributed by atoms with Gasteiger partial charge in [-0.05, 0) is 27.7 Å². The molecule has 0 spiro atoms. The number of ether oxygens (including phenoxy) is 1. The molecule has 3 heteroatoms. The van der Waals surface area contributed by atoms with Crippen molar-refractivity contribution in [2.45, 2.75) is 45.9 Å². The summed E-state index contributed by atoms with van der Waals surface area (Å²) >= 11 is 0. The molecule has 1 aromatic rings. The molecular weight excluding hydrogens is 238 g/mol. The quantitative estimate of drug-likeness (QED) is 0.783. The van der Waals surface area contributed by atoms with E-state index >= 15 is 0 Å². The van der Waals surface area contributed by atoms with E-state index in [1.807, 2.05) is 38.1 Å². The SMILES string of the molecule is Cc1ccc(C(=O)C(C)N2C[C@@H](C)O[C@@H](C)C2)cc1. The molecule has 1 saturated heterocycles. The van der Waals surface area contributed by atoms with Gasteiger partial charge < -0.3 is 4.74 Å². The largest absolute Gasteiger partial charge is 0.373 e. The van der Waals surface area contributed by atoms with Gasteiger partial charge in [0.2, 0.25) is 0 Å². The van der Waals surface area contributed by atoms with Crippen LogP contribution in [0.15, 0.2) is 24.3 Å². The van der Waals surface area contributed by atoms with Gasteiger partial charge in [-0.2, -0.15) is 0 Å². The molecule has 19 heavy (non-hydrogen) atoms. The number of Topliss-reactive ketones (excluding diaryl/α,β-unsaturated/α-hetero) is 1. The number of aryl methyl sites for hydroxylation is 1. The third-order valence-electron chi connectivity index (χ3n) is 3.71. The molecule has 0 amide bonds. The highest BCUT2D eigenvalue weighted by molar-refractivity contribution is 5.99. The van der Waals surface area contributed by atoms with Crippen LogP contribution in [0.3, 0.4) is 0 Å². The minimum atomic E-state index is -0.0866. The van der Waals surface area contributed by atoms with Crippen molar-refractivity contribution in [3.63, 3.8) is 0 Å². The molecule has 0 N–H and O–H groups in total. The standard InChI is InChI=1S/C16H23NO2/c1-11-5-7-15(8-6-11)16(18)14(4)17-9-12(2)19-13(3)10-17/h5-8,12-14H,9-10H2,1-4H3/t12-,13+,14?. The van der Waals surface area contributed by atoms with Gasteiger partial charge >= 0.3 is 0 Å². The third-order valence-corrected chi connectivity index (χ3v) is 3.71. The summed E-state index contributed by atoms with van der Waals surface area (Å²) in [5.41, 5.74) is 1.97. The normalized spacial score (nSPS) is 26.1. The number of hydrogen-bond acceptors (Lipinski definition) is 3. The van der Waals surface area contributed by atoms with Crippen LogP contribution >= 0.6 is 0 Å². The van der Waals surface area contributed by atoms with E-state index < -0.39 is 0 Å².